The van der Waals surface area contributed by atoms with Crippen molar-refractivity contribution in [3.05, 3.63) is 69.3 Å². The Hall–Kier alpha value is -4.11. The zero-order chi connectivity index (χ0) is 25.9. The predicted molar refractivity (Wildman–Crippen MR) is 122 cm³/mol. The number of carbonyl (C=O) groups is 2. The zero-order valence-electron chi connectivity index (χ0n) is 18.0. The Morgan fingerprint density at radius 2 is 1.86 bits per heavy atom. The number of rotatable bonds is 7. The molecule has 16 heteroatoms. The number of thiazole rings is 1. The van der Waals surface area contributed by atoms with E-state index in [4.69, 9.17) is 16.1 Å². The molecule has 0 radical (unpaired) electrons. The molecule has 2 amide bonds. The minimum atomic E-state index is -4.71. The highest BCUT2D eigenvalue weighted by Crippen LogP contribution is 2.35. The molecule has 186 valence electrons. The highest BCUT2D eigenvalue weighted by molar-refractivity contribution is 7.13. The van der Waals surface area contributed by atoms with Gasteiger partial charge in [0.25, 0.3) is 11.8 Å². The fourth-order valence-corrected chi connectivity index (χ4v) is 3.81. The Labute approximate surface area is 209 Å². The normalized spacial score (nSPS) is 12.1. The Morgan fingerprint density at radius 3 is 2.58 bits per heavy atom. The fourth-order valence-electron chi connectivity index (χ4n) is 2.79. The Kier molecular flexibility index (Phi) is 7.12. The van der Waals surface area contributed by atoms with Gasteiger partial charge in [0, 0.05) is 18.3 Å². The molecule has 0 saturated heterocycles. The van der Waals surface area contributed by atoms with E-state index in [9.17, 15) is 22.8 Å². The average molecular weight is 539 g/mol. The Balaban J connectivity index is 1.40. The van der Waals surface area contributed by atoms with E-state index in [1.807, 2.05) is 0 Å². The summed E-state index contributed by atoms with van der Waals surface area (Å²) in [5.41, 5.74) is -1.06. The van der Waals surface area contributed by atoms with Crippen LogP contribution in [0.15, 0.2) is 47.7 Å². The minimum Gasteiger partial charge on any atom is -0.363 e. The van der Waals surface area contributed by atoms with Crippen LogP contribution in [-0.2, 0) is 6.18 Å². The first kappa shape index (κ1) is 25.0. The predicted octanol–water partition coefficient (Wildman–Crippen LogP) is 4.48. The summed E-state index contributed by atoms with van der Waals surface area (Å²) < 4.78 is 43.8. The van der Waals surface area contributed by atoms with Crippen molar-refractivity contribution in [1.29, 1.82) is 0 Å². The highest BCUT2D eigenvalue weighted by atomic mass is 35.5. The number of nitrogens with one attached hydrogen (secondary N) is 3. The Morgan fingerprint density at radius 1 is 1.06 bits per heavy atom. The van der Waals surface area contributed by atoms with Gasteiger partial charge < -0.3 is 20.5 Å². The van der Waals surface area contributed by atoms with E-state index in [1.165, 1.54) is 24.9 Å². The molecule has 0 fully saturated rings. The van der Waals surface area contributed by atoms with Crippen LogP contribution in [0.4, 0.5) is 30.6 Å². The number of hydrogen-bond donors (Lipinski definition) is 3. The van der Waals surface area contributed by atoms with Crippen LogP contribution in [-0.4, -0.2) is 36.9 Å². The summed E-state index contributed by atoms with van der Waals surface area (Å²) in [5, 5.41) is 11.3. The van der Waals surface area contributed by atoms with Crippen LogP contribution in [0.1, 0.15) is 43.7 Å². The summed E-state index contributed by atoms with van der Waals surface area (Å²) in [7, 11) is 0. The van der Waals surface area contributed by atoms with Gasteiger partial charge in [-0.2, -0.15) is 13.2 Å². The first-order valence-electron chi connectivity index (χ1n) is 9.90. The van der Waals surface area contributed by atoms with Crippen LogP contribution in [0.2, 0.25) is 5.02 Å². The van der Waals surface area contributed by atoms with Crippen molar-refractivity contribution in [2.75, 3.05) is 10.6 Å². The molecule has 4 rings (SSSR count). The second kappa shape index (κ2) is 10.2. The molecule has 4 aromatic rings. The summed E-state index contributed by atoms with van der Waals surface area (Å²) >= 11 is 6.49. The van der Waals surface area contributed by atoms with Crippen molar-refractivity contribution >= 4 is 52.2 Å². The average Bonchev–Trinajstić information content (AvgIpc) is 3.52. The maximum atomic E-state index is 13.0. The van der Waals surface area contributed by atoms with Crippen molar-refractivity contribution in [1.82, 2.24) is 30.4 Å². The molecular formula is C20H14ClF3N8O3S. The van der Waals surface area contributed by atoms with Gasteiger partial charge in [0.05, 0.1) is 22.8 Å². The van der Waals surface area contributed by atoms with Crippen LogP contribution < -0.4 is 16.0 Å². The number of anilines is 3. The summed E-state index contributed by atoms with van der Waals surface area (Å²) in [6.45, 7) is 1.64. The van der Waals surface area contributed by atoms with Crippen molar-refractivity contribution < 1.29 is 27.3 Å². The van der Waals surface area contributed by atoms with Crippen LogP contribution in [0, 0.1) is 0 Å². The summed E-state index contributed by atoms with van der Waals surface area (Å²) in [6.07, 6.45) is -0.101. The number of pyridine rings is 1. The van der Waals surface area contributed by atoms with E-state index in [1.54, 1.807) is 13.0 Å². The first-order chi connectivity index (χ1) is 17.1. The molecule has 0 spiro atoms. The lowest BCUT2D eigenvalue weighted by atomic mass is 10.2. The molecule has 0 aliphatic rings. The van der Waals surface area contributed by atoms with Crippen LogP contribution in [0.3, 0.4) is 0 Å². The van der Waals surface area contributed by atoms with Crippen molar-refractivity contribution in [3.63, 3.8) is 0 Å². The summed E-state index contributed by atoms with van der Waals surface area (Å²) in [6, 6.07) is 3.00. The SMILES string of the molecule is C[C@H](NC(=O)c1cc(Nc2ccon2)ncn1)c1ncc(C(=O)Nc2cc(C(F)(F)F)c(Cl)cn2)s1. The van der Waals surface area contributed by atoms with E-state index in [0.29, 0.717) is 22.7 Å². The number of nitrogens with zero attached hydrogens (tertiary/aromatic N) is 5. The van der Waals surface area contributed by atoms with Crippen LogP contribution in [0.5, 0.6) is 0 Å². The van der Waals surface area contributed by atoms with Gasteiger partial charge in [0.15, 0.2) is 5.82 Å². The largest absolute Gasteiger partial charge is 0.418 e. The number of halogens is 4. The third-order valence-electron chi connectivity index (χ3n) is 4.46. The van der Waals surface area contributed by atoms with Gasteiger partial charge in [0.2, 0.25) is 0 Å². The quantitative estimate of drug-likeness (QED) is 0.310. The van der Waals surface area contributed by atoms with E-state index in [-0.39, 0.29) is 16.4 Å². The lowest BCUT2D eigenvalue weighted by Crippen LogP contribution is -2.27. The zero-order valence-corrected chi connectivity index (χ0v) is 19.6. The number of hydrogen-bond acceptors (Lipinski definition) is 10. The molecule has 4 aromatic heterocycles. The molecule has 1 atom stereocenters. The van der Waals surface area contributed by atoms with E-state index in [0.717, 1.165) is 17.5 Å². The van der Waals surface area contributed by atoms with Crippen molar-refractivity contribution in [2.24, 2.45) is 0 Å². The maximum absolute atomic E-state index is 13.0. The van der Waals surface area contributed by atoms with E-state index >= 15 is 0 Å². The van der Waals surface area contributed by atoms with E-state index in [2.05, 4.69) is 41.0 Å². The van der Waals surface area contributed by atoms with Gasteiger partial charge in [-0.25, -0.2) is 19.9 Å². The number of alkyl halides is 3. The van der Waals surface area contributed by atoms with Crippen LogP contribution in [0.25, 0.3) is 0 Å². The standard InChI is InChI=1S/C20H14ClF3N8O3S/c1-9(29-17(33)12-5-16(28-8-27-12)30-14-2-3-35-32-14)19-26-7-13(36-19)18(34)31-15-4-10(20(22,23)24)11(21)6-25-15/h2-9H,1H3,(H,29,33)(H,25,31,34)(H,27,28,30,32)/t9-/m0/s1. The second-order valence-electron chi connectivity index (χ2n) is 7.06. The molecule has 4 heterocycles. The molecule has 0 aliphatic carbocycles. The lowest BCUT2D eigenvalue weighted by molar-refractivity contribution is -0.137. The molecule has 11 nitrogen and oxygen atoms in total. The molecule has 3 N–H and O–H groups in total. The van der Waals surface area contributed by atoms with Gasteiger partial charge in [-0.05, 0) is 13.0 Å². The van der Waals surface area contributed by atoms with Gasteiger partial charge in [-0.3, -0.25) is 9.59 Å². The number of amides is 2. The van der Waals surface area contributed by atoms with Crippen LogP contribution >= 0.6 is 22.9 Å². The van der Waals surface area contributed by atoms with Crippen molar-refractivity contribution in [3.8, 4) is 0 Å². The molecule has 0 unspecified atom stereocenters. The van der Waals surface area contributed by atoms with E-state index < -0.39 is 34.6 Å². The number of carbonyl (C=O) groups excluding carboxylic acids is 2. The molecule has 0 aromatic carbocycles. The van der Waals surface area contributed by atoms with Gasteiger partial charge in [-0.15, -0.1) is 11.3 Å². The summed E-state index contributed by atoms with van der Waals surface area (Å²) in [4.78, 5) is 41.0. The Bertz CT molecular complexity index is 1400. The van der Waals surface area contributed by atoms with Gasteiger partial charge >= 0.3 is 6.18 Å². The maximum Gasteiger partial charge on any atom is 0.418 e. The molecule has 0 saturated carbocycles. The third kappa shape index (κ3) is 5.92. The molecule has 0 aliphatic heterocycles. The topological polar surface area (TPSA) is 148 Å². The molecule has 0 bridgehead atoms. The number of aromatic nitrogens is 5. The lowest BCUT2D eigenvalue weighted by Gasteiger charge is -2.11. The summed E-state index contributed by atoms with van der Waals surface area (Å²) in [5.74, 6) is -0.870. The van der Waals surface area contributed by atoms with Gasteiger partial charge in [0.1, 0.15) is 39.8 Å². The second-order valence-corrected chi connectivity index (χ2v) is 8.53. The monoisotopic (exact) mass is 538 g/mol. The smallest absolute Gasteiger partial charge is 0.363 e. The third-order valence-corrected chi connectivity index (χ3v) is 5.94. The van der Waals surface area contributed by atoms with Crippen molar-refractivity contribution in [2.45, 2.75) is 19.1 Å². The first-order valence-corrected chi connectivity index (χ1v) is 11.1. The highest BCUT2D eigenvalue weighted by Gasteiger charge is 2.34. The molecular weight excluding hydrogens is 525 g/mol. The minimum absolute atomic E-state index is 0.0617. The molecule has 36 heavy (non-hydrogen) atoms. The van der Waals surface area contributed by atoms with Gasteiger partial charge in [-0.1, -0.05) is 16.8 Å². The fraction of sp³-hybridized carbons (Fsp3) is 0.150.